The molecule has 0 heterocycles. The quantitative estimate of drug-likeness (QED) is 0.585. The minimum Gasteiger partial charge on any atom is -0.205 e. The lowest BCUT2D eigenvalue weighted by molar-refractivity contribution is 0.627. The maximum atomic E-state index is 12.7. The third kappa shape index (κ3) is 2.89. The Labute approximate surface area is 82.1 Å². The molecule has 0 aliphatic rings. The molecular weight excluding hydrogens is 189 g/mol. The number of aryl methyl sites for hydroxylation is 1. The average Bonchev–Trinajstić information content (AvgIpc) is 2.15. The van der Waals surface area contributed by atoms with Gasteiger partial charge in [0.05, 0.1) is 16.7 Å². The smallest absolute Gasteiger partial charge is 0.143 e. The molecule has 68 valence electrons. The number of nitriles is 1. The second-order valence-corrected chi connectivity index (χ2v) is 2.60. The van der Waals surface area contributed by atoms with Gasteiger partial charge in [-0.05, 0) is 24.6 Å². The van der Waals surface area contributed by atoms with E-state index in [1.807, 2.05) is 6.07 Å². The van der Waals surface area contributed by atoms with Crippen molar-refractivity contribution in [3.63, 3.8) is 0 Å². The van der Waals surface area contributed by atoms with Gasteiger partial charge in [-0.2, -0.15) is 5.26 Å². The van der Waals surface area contributed by atoms with E-state index in [1.165, 1.54) is 6.07 Å². The van der Waals surface area contributed by atoms with Gasteiger partial charge in [-0.3, -0.25) is 0 Å². The molecule has 0 aliphatic carbocycles. The summed E-state index contributed by atoms with van der Waals surface area (Å²) in [5.41, 5.74) is 1.02. The van der Waals surface area contributed by atoms with Crippen LogP contribution in [0.25, 0.3) is 0 Å². The Morgan fingerprint density at radius 2 is 2.00 bits per heavy atom. The Kier molecular flexibility index (Phi) is 4.79. The number of benzene rings is 1. The van der Waals surface area contributed by atoms with E-state index in [1.54, 1.807) is 6.92 Å². The van der Waals surface area contributed by atoms with Crippen molar-refractivity contribution in [3.05, 3.63) is 47.3 Å². The second-order valence-electron chi connectivity index (χ2n) is 2.19. The molecule has 0 aromatic heterocycles. The number of hydrogen-bond acceptors (Lipinski definition) is 1. The summed E-state index contributed by atoms with van der Waals surface area (Å²) in [6, 6.07) is 4.44. The van der Waals surface area contributed by atoms with Crippen molar-refractivity contribution in [1.29, 1.82) is 5.26 Å². The summed E-state index contributed by atoms with van der Waals surface area (Å²) in [5, 5.41) is 8.53. The lowest BCUT2D eigenvalue weighted by Gasteiger charge is -1.97. The Balaban J connectivity index is 0.000000671. The molecule has 0 radical (unpaired) electrons. The van der Waals surface area contributed by atoms with Gasteiger partial charge in [0.15, 0.2) is 0 Å². The lowest BCUT2D eigenvalue weighted by atomic mass is 10.1. The van der Waals surface area contributed by atoms with Crippen LogP contribution in [-0.4, -0.2) is 0 Å². The normalized spacial score (nSPS) is 8.15. The first kappa shape index (κ1) is 11.7. The molecule has 1 nitrogen and oxygen atoms in total. The zero-order valence-corrected chi connectivity index (χ0v) is 8.03. The van der Waals surface area contributed by atoms with E-state index in [4.69, 9.17) is 16.9 Å². The predicted molar refractivity (Wildman–Crippen MR) is 52.1 cm³/mol. The van der Waals surface area contributed by atoms with Crippen molar-refractivity contribution >= 4 is 11.6 Å². The summed E-state index contributed by atoms with van der Waals surface area (Å²) in [6.07, 6.45) is 0. The molecule has 0 amide bonds. The van der Waals surface area contributed by atoms with Gasteiger partial charge in [0.1, 0.15) is 5.82 Å². The zero-order chi connectivity index (χ0) is 10.4. The molecule has 0 bridgehead atoms. The van der Waals surface area contributed by atoms with Crippen molar-refractivity contribution in [2.75, 3.05) is 0 Å². The van der Waals surface area contributed by atoms with Gasteiger partial charge in [0.25, 0.3) is 0 Å². The van der Waals surface area contributed by atoms with Crippen LogP contribution in [0.3, 0.4) is 0 Å². The van der Waals surface area contributed by atoms with Gasteiger partial charge in [-0.1, -0.05) is 11.6 Å². The van der Waals surface area contributed by atoms with E-state index in [-0.39, 0.29) is 5.02 Å². The van der Waals surface area contributed by atoms with Gasteiger partial charge in [0.2, 0.25) is 0 Å². The molecule has 0 spiro atoms. The predicted octanol–water partition coefficient (Wildman–Crippen LogP) is 3.46. The number of hydrogen-bond donors (Lipinski definition) is 0. The van der Waals surface area contributed by atoms with Crippen LogP contribution in [0.1, 0.15) is 11.1 Å². The van der Waals surface area contributed by atoms with Crippen molar-refractivity contribution in [3.8, 4) is 6.07 Å². The first-order chi connectivity index (χ1) is 6.15. The van der Waals surface area contributed by atoms with E-state index in [0.29, 0.717) is 11.1 Å². The molecule has 0 unspecified atom stereocenters. The summed E-state index contributed by atoms with van der Waals surface area (Å²) >= 11 is 5.46. The van der Waals surface area contributed by atoms with Gasteiger partial charge >= 0.3 is 0 Å². The standard InChI is InChI=1S/C8H5ClFN.C2H4/c1-5-2-7(9)8(10)3-6(5)4-11;1-2/h2-3H,1H3;1-2H2. The Morgan fingerprint density at radius 1 is 1.46 bits per heavy atom. The SMILES string of the molecule is C=C.Cc1cc(Cl)c(F)cc1C#N. The summed E-state index contributed by atoms with van der Waals surface area (Å²) in [7, 11) is 0. The monoisotopic (exact) mass is 197 g/mol. The van der Waals surface area contributed by atoms with Crippen LogP contribution >= 0.6 is 11.6 Å². The second kappa shape index (κ2) is 5.34. The largest absolute Gasteiger partial charge is 0.205 e. The van der Waals surface area contributed by atoms with Crippen LogP contribution in [0.5, 0.6) is 0 Å². The molecule has 0 atom stereocenters. The first-order valence-electron chi connectivity index (χ1n) is 3.51. The van der Waals surface area contributed by atoms with Gasteiger partial charge in [-0.15, -0.1) is 13.2 Å². The van der Waals surface area contributed by atoms with Crippen LogP contribution < -0.4 is 0 Å². The topological polar surface area (TPSA) is 23.8 Å². The fraction of sp³-hybridized carbons (Fsp3) is 0.100. The summed E-state index contributed by atoms with van der Waals surface area (Å²) < 4.78 is 12.7. The Morgan fingerprint density at radius 3 is 2.46 bits per heavy atom. The summed E-state index contributed by atoms with van der Waals surface area (Å²) in [5.74, 6) is -0.547. The minimum atomic E-state index is -0.547. The van der Waals surface area contributed by atoms with Crippen LogP contribution in [0.2, 0.25) is 5.02 Å². The van der Waals surface area contributed by atoms with E-state index in [0.717, 1.165) is 6.07 Å². The molecule has 0 saturated heterocycles. The molecule has 0 fully saturated rings. The van der Waals surface area contributed by atoms with Crippen LogP contribution in [0.4, 0.5) is 4.39 Å². The molecule has 0 aliphatic heterocycles. The van der Waals surface area contributed by atoms with Gasteiger partial charge in [0, 0.05) is 0 Å². The number of rotatable bonds is 0. The van der Waals surface area contributed by atoms with Crippen LogP contribution in [-0.2, 0) is 0 Å². The van der Waals surface area contributed by atoms with Crippen molar-refractivity contribution in [1.82, 2.24) is 0 Å². The molecule has 13 heavy (non-hydrogen) atoms. The van der Waals surface area contributed by atoms with Crippen LogP contribution in [0.15, 0.2) is 25.3 Å². The average molecular weight is 198 g/mol. The highest BCUT2D eigenvalue weighted by atomic mass is 35.5. The number of nitrogens with zero attached hydrogens (tertiary/aromatic N) is 1. The van der Waals surface area contributed by atoms with Crippen LogP contribution in [0, 0.1) is 24.1 Å². The lowest BCUT2D eigenvalue weighted by Crippen LogP contribution is -1.85. The highest BCUT2D eigenvalue weighted by Crippen LogP contribution is 2.18. The highest BCUT2D eigenvalue weighted by molar-refractivity contribution is 6.30. The summed E-state index contributed by atoms with van der Waals surface area (Å²) in [6.45, 7) is 7.71. The Bertz CT molecular complexity index is 342. The highest BCUT2D eigenvalue weighted by Gasteiger charge is 2.03. The van der Waals surface area contributed by atoms with E-state index in [9.17, 15) is 4.39 Å². The maximum absolute atomic E-state index is 12.7. The van der Waals surface area contributed by atoms with Crippen molar-refractivity contribution in [2.24, 2.45) is 0 Å². The molecule has 1 aromatic carbocycles. The molecule has 0 N–H and O–H groups in total. The molecule has 1 aromatic rings. The fourth-order valence-electron chi connectivity index (χ4n) is 0.767. The number of halogens is 2. The molecular formula is C10H9ClFN. The Hall–Kier alpha value is -1.33. The first-order valence-corrected chi connectivity index (χ1v) is 3.88. The maximum Gasteiger partial charge on any atom is 0.143 e. The third-order valence-corrected chi connectivity index (χ3v) is 1.68. The van der Waals surface area contributed by atoms with Gasteiger partial charge < -0.3 is 0 Å². The van der Waals surface area contributed by atoms with E-state index >= 15 is 0 Å². The third-order valence-electron chi connectivity index (χ3n) is 1.39. The van der Waals surface area contributed by atoms with Crippen molar-refractivity contribution < 1.29 is 4.39 Å². The van der Waals surface area contributed by atoms with Gasteiger partial charge in [-0.25, -0.2) is 4.39 Å². The molecule has 0 saturated carbocycles. The van der Waals surface area contributed by atoms with E-state index in [2.05, 4.69) is 13.2 Å². The minimum absolute atomic E-state index is 0.0569. The molecule has 3 heteroatoms. The molecule has 1 rings (SSSR count). The fourth-order valence-corrected chi connectivity index (χ4v) is 0.985. The zero-order valence-electron chi connectivity index (χ0n) is 7.27. The summed E-state index contributed by atoms with van der Waals surface area (Å²) in [4.78, 5) is 0. The van der Waals surface area contributed by atoms with E-state index < -0.39 is 5.82 Å². The van der Waals surface area contributed by atoms with Crippen molar-refractivity contribution in [2.45, 2.75) is 6.92 Å².